The number of hydrogen-bond donors (Lipinski definition) is 2. The highest BCUT2D eigenvalue weighted by Crippen LogP contribution is 2.27. The third-order valence-corrected chi connectivity index (χ3v) is 3.61. The summed E-state index contributed by atoms with van der Waals surface area (Å²) >= 11 is 5.84. The van der Waals surface area contributed by atoms with Gasteiger partial charge in [-0.3, -0.25) is 14.9 Å². The summed E-state index contributed by atoms with van der Waals surface area (Å²) in [5.41, 5.74) is 0.0890. The number of nitrogens with zero attached hydrogens (tertiary/aromatic N) is 3. The van der Waals surface area contributed by atoms with Crippen molar-refractivity contribution >= 4 is 46.0 Å². The number of benzene rings is 2. The standard InChI is InChI=1S/C15H9ClN4O5/c16-9-3-1-2-8(6-9)14(21)17-13-11-7-10(20(24)25)4-5-12(11)19(18-13)15(22)23/h1-7H,(H,22,23)(H,17,18,21). The molecule has 0 saturated heterocycles. The smallest absolute Gasteiger partial charge is 0.432 e. The molecule has 9 nitrogen and oxygen atoms in total. The van der Waals surface area contributed by atoms with E-state index in [0.29, 0.717) is 9.70 Å². The van der Waals surface area contributed by atoms with Gasteiger partial charge in [0.2, 0.25) is 0 Å². The lowest BCUT2D eigenvalue weighted by molar-refractivity contribution is -0.384. The summed E-state index contributed by atoms with van der Waals surface area (Å²) in [7, 11) is 0. The summed E-state index contributed by atoms with van der Waals surface area (Å²) in [6.45, 7) is 0. The molecule has 0 unspecified atom stereocenters. The van der Waals surface area contributed by atoms with Crippen molar-refractivity contribution in [1.82, 2.24) is 9.78 Å². The zero-order valence-electron chi connectivity index (χ0n) is 12.3. The number of aromatic nitrogens is 2. The van der Waals surface area contributed by atoms with E-state index in [4.69, 9.17) is 11.6 Å². The van der Waals surface area contributed by atoms with Gasteiger partial charge in [0.25, 0.3) is 11.6 Å². The van der Waals surface area contributed by atoms with Gasteiger partial charge in [0, 0.05) is 22.7 Å². The number of hydrogen-bond acceptors (Lipinski definition) is 5. The molecule has 0 bridgehead atoms. The zero-order chi connectivity index (χ0) is 18.1. The van der Waals surface area contributed by atoms with Crippen molar-refractivity contribution in [2.45, 2.75) is 0 Å². The van der Waals surface area contributed by atoms with Crippen molar-refractivity contribution in [2.75, 3.05) is 5.32 Å². The molecular weight excluding hydrogens is 352 g/mol. The maximum absolute atomic E-state index is 12.3. The number of amides is 1. The minimum atomic E-state index is -1.39. The lowest BCUT2D eigenvalue weighted by atomic mass is 10.2. The summed E-state index contributed by atoms with van der Waals surface area (Å²) in [6, 6.07) is 9.67. The first kappa shape index (κ1) is 16.4. The van der Waals surface area contributed by atoms with E-state index in [1.807, 2.05) is 0 Å². The van der Waals surface area contributed by atoms with Crippen molar-refractivity contribution in [3.63, 3.8) is 0 Å². The molecule has 0 fully saturated rings. The van der Waals surface area contributed by atoms with Crippen molar-refractivity contribution in [3.05, 3.63) is 63.2 Å². The second-order valence-corrected chi connectivity index (χ2v) is 5.40. The SMILES string of the molecule is O=C(Nc1nn(C(=O)O)c2ccc([N+](=O)[O-])cc12)c1cccc(Cl)c1. The molecule has 1 aromatic heterocycles. The van der Waals surface area contributed by atoms with Gasteiger partial charge in [-0.2, -0.15) is 4.68 Å². The van der Waals surface area contributed by atoms with Gasteiger partial charge >= 0.3 is 6.09 Å². The number of carbonyl (C=O) groups excluding carboxylic acids is 1. The maximum atomic E-state index is 12.3. The number of halogens is 1. The van der Waals surface area contributed by atoms with E-state index in [1.165, 1.54) is 18.2 Å². The first-order chi connectivity index (χ1) is 11.9. The lowest BCUT2D eigenvalue weighted by Gasteiger charge is -2.03. The van der Waals surface area contributed by atoms with Gasteiger partial charge in [-0.05, 0) is 24.3 Å². The first-order valence-electron chi connectivity index (χ1n) is 6.84. The number of anilines is 1. The number of nitrogens with one attached hydrogen (secondary N) is 1. The van der Waals surface area contributed by atoms with Gasteiger partial charge < -0.3 is 10.4 Å². The number of nitro groups is 1. The summed E-state index contributed by atoms with van der Waals surface area (Å²) in [4.78, 5) is 33.9. The van der Waals surface area contributed by atoms with E-state index in [0.717, 1.165) is 12.1 Å². The van der Waals surface area contributed by atoms with E-state index in [2.05, 4.69) is 10.4 Å². The highest BCUT2D eigenvalue weighted by molar-refractivity contribution is 6.31. The van der Waals surface area contributed by atoms with E-state index in [9.17, 15) is 24.8 Å². The molecule has 0 spiro atoms. The molecule has 0 saturated carbocycles. The van der Waals surface area contributed by atoms with Crippen molar-refractivity contribution in [1.29, 1.82) is 0 Å². The Kier molecular flexibility index (Phi) is 4.07. The predicted molar refractivity (Wildman–Crippen MR) is 89.2 cm³/mol. The Bertz CT molecular complexity index is 1030. The predicted octanol–water partition coefficient (Wildman–Crippen LogP) is 3.38. The van der Waals surface area contributed by atoms with E-state index in [1.54, 1.807) is 12.1 Å². The molecule has 2 N–H and O–H groups in total. The third-order valence-electron chi connectivity index (χ3n) is 3.37. The van der Waals surface area contributed by atoms with E-state index < -0.39 is 16.9 Å². The van der Waals surface area contributed by atoms with Gasteiger partial charge in [-0.25, -0.2) is 4.79 Å². The Morgan fingerprint density at radius 3 is 2.64 bits per heavy atom. The van der Waals surface area contributed by atoms with Gasteiger partial charge in [0.15, 0.2) is 5.82 Å². The topological polar surface area (TPSA) is 127 Å². The molecule has 3 rings (SSSR count). The number of nitro benzene ring substituents is 1. The number of carbonyl (C=O) groups is 2. The van der Waals surface area contributed by atoms with E-state index in [-0.39, 0.29) is 28.0 Å². The molecule has 0 atom stereocenters. The summed E-state index contributed by atoms with van der Waals surface area (Å²) in [6.07, 6.45) is -1.39. The molecule has 1 heterocycles. The zero-order valence-corrected chi connectivity index (χ0v) is 13.1. The van der Waals surface area contributed by atoms with Crippen molar-refractivity contribution in [3.8, 4) is 0 Å². The van der Waals surface area contributed by atoms with Crippen LogP contribution in [0, 0.1) is 10.1 Å². The van der Waals surface area contributed by atoms with Crippen LogP contribution in [0.1, 0.15) is 10.4 Å². The molecule has 0 aliphatic carbocycles. The number of carboxylic acid groups (broad SMARTS) is 1. The molecule has 1 amide bonds. The summed E-state index contributed by atoms with van der Waals surface area (Å²) < 4.78 is 0.632. The van der Waals surface area contributed by atoms with Crippen molar-refractivity contribution in [2.24, 2.45) is 0 Å². The monoisotopic (exact) mass is 360 g/mol. The second kappa shape index (κ2) is 6.21. The van der Waals surface area contributed by atoms with Gasteiger partial charge in [-0.1, -0.05) is 17.7 Å². The normalized spacial score (nSPS) is 10.6. The summed E-state index contributed by atoms with van der Waals surface area (Å²) in [5, 5.41) is 26.9. The van der Waals surface area contributed by atoms with Crippen LogP contribution in [-0.2, 0) is 0 Å². The first-order valence-corrected chi connectivity index (χ1v) is 7.22. The Morgan fingerprint density at radius 1 is 1.24 bits per heavy atom. The van der Waals surface area contributed by atoms with Crippen LogP contribution in [0.15, 0.2) is 42.5 Å². The average molecular weight is 361 g/mol. The van der Waals surface area contributed by atoms with Crippen LogP contribution in [0.2, 0.25) is 5.02 Å². The summed E-state index contributed by atoms with van der Waals surface area (Å²) in [5.74, 6) is -0.683. The molecule has 126 valence electrons. The van der Waals surface area contributed by atoms with Gasteiger partial charge in [0.1, 0.15) is 0 Å². The van der Waals surface area contributed by atoms with Crippen LogP contribution in [0.25, 0.3) is 10.9 Å². The highest BCUT2D eigenvalue weighted by Gasteiger charge is 2.20. The molecule has 0 aliphatic rings. The van der Waals surface area contributed by atoms with Crippen LogP contribution in [0.3, 0.4) is 0 Å². The molecule has 25 heavy (non-hydrogen) atoms. The number of non-ortho nitro benzene ring substituents is 1. The molecule has 0 aliphatic heterocycles. The average Bonchev–Trinajstić information content (AvgIpc) is 2.93. The minimum Gasteiger partial charge on any atom is -0.463 e. The Morgan fingerprint density at radius 2 is 2.00 bits per heavy atom. The van der Waals surface area contributed by atoms with E-state index >= 15 is 0 Å². The van der Waals surface area contributed by atoms with Gasteiger partial charge in [0.05, 0.1) is 15.8 Å². The minimum absolute atomic E-state index is 0.105. The third kappa shape index (κ3) is 3.12. The molecular formula is C15H9ClN4O5. The van der Waals surface area contributed by atoms with Crippen LogP contribution in [-0.4, -0.2) is 31.8 Å². The molecule has 10 heteroatoms. The van der Waals surface area contributed by atoms with Crippen molar-refractivity contribution < 1.29 is 19.6 Å². The molecule has 0 radical (unpaired) electrons. The van der Waals surface area contributed by atoms with Crippen LogP contribution in [0.5, 0.6) is 0 Å². The van der Waals surface area contributed by atoms with Crippen LogP contribution in [0.4, 0.5) is 16.3 Å². The fraction of sp³-hybridized carbons (Fsp3) is 0. The van der Waals surface area contributed by atoms with Crippen LogP contribution >= 0.6 is 11.6 Å². The highest BCUT2D eigenvalue weighted by atomic mass is 35.5. The molecule has 3 aromatic rings. The molecule has 2 aromatic carbocycles. The maximum Gasteiger partial charge on any atom is 0.432 e. The fourth-order valence-electron chi connectivity index (χ4n) is 2.27. The largest absolute Gasteiger partial charge is 0.463 e. The quantitative estimate of drug-likeness (QED) is 0.544. The van der Waals surface area contributed by atoms with Gasteiger partial charge in [-0.15, -0.1) is 5.10 Å². The van der Waals surface area contributed by atoms with Crippen LogP contribution < -0.4 is 5.32 Å². The lowest BCUT2D eigenvalue weighted by Crippen LogP contribution is -2.14. The number of fused-ring (bicyclic) bond motifs is 1. The number of rotatable bonds is 3. The Hall–Kier alpha value is -3.46. The second-order valence-electron chi connectivity index (χ2n) is 4.97. The Labute approximate surface area is 144 Å². The Balaban J connectivity index is 2.08. The fourth-order valence-corrected chi connectivity index (χ4v) is 2.46.